The van der Waals surface area contributed by atoms with Crippen LogP contribution in [0.15, 0.2) is 17.2 Å². The number of carboxylic acid groups (broad SMARTS) is 1. The molecule has 0 aliphatic rings. The first-order valence-corrected chi connectivity index (χ1v) is 4.59. The van der Waals surface area contributed by atoms with E-state index in [1.807, 2.05) is 0 Å². The van der Waals surface area contributed by atoms with Crippen LogP contribution in [0.1, 0.15) is 16.1 Å². The number of carbonyl (C=O) groups is 1. The topological polar surface area (TPSA) is 74.0 Å². The third-order valence-corrected chi connectivity index (χ3v) is 2.20. The smallest absolute Gasteiger partial charge is 0.336 e. The molecule has 1 N–H and O–H groups in total. The van der Waals surface area contributed by atoms with Crippen molar-refractivity contribution in [2.24, 2.45) is 0 Å². The summed E-state index contributed by atoms with van der Waals surface area (Å²) in [5.74, 6) is -1.04. The van der Waals surface area contributed by atoms with Gasteiger partial charge in [-0.2, -0.15) is 5.26 Å². The van der Waals surface area contributed by atoms with Crippen LogP contribution in [0.2, 0.25) is 0 Å². The monoisotopic (exact) mass is 194 g/mol. The maximum atomic E-state index is 10.7. The first-order valence-electron chi connectivity index (χ1n) is 3.36. The number of thioether (sulfide) groups is 1. The van der Waals surface area contributed by atoms with E-state index >= 15 is 0 Å². The number of aromatic carboxylic acids is 1. The number of carboxylic acids is 1. The van der Waals surface area contributed by atoms with Gasteiger partial charge in [0.1, 0.15) is 11.8 Å². The van der Waals surface area contributed by atoms with E-state index in [4.69, 9.17) is 10.4 Å². The molecule has 0 atom stereocenters. The normalized spacial score (nSPS) is 9.23. The number of pyridine rings is 1. The van der Waals surface area contributed by atoms with E-state index in [9.17, 15) is 4.79 Å². The summed E-state index contributed by atoms with van der Waals surface area (Å²) in [6, 6.07) is 3.06. The van der Waals surface area contributed by atoms with E-state index in [1.165, 1.54) is 24.0 Å². The molecule has 1 aromatic heterocycles. The number of aromatic nitrogens is 1. The Bertz CT molecular complexity index is 384. The van der Waals surface area contributed by atoms with Crippen molar-refractivity contribution in [2.45, 2.75) is 4.90 Å². The Kier molecular flexibility index (Phi) is 2.88. The summed E-state index contributed by atoms with van der Waals surface area (Å²) in [7, 11) is 0. The molecule has 13 heavy (non-hydrogen) atoms. The standard InChI is InChI=1S/C8H6N2O2S/c1-13-7-4-10-5(3-9)2-6(7)8(11)12/h2,4H,1H3,(H,11,12). The maximum Gasteiger partial charge on any atom is 0.336 e. The molecule has 0 bridgehead atoms. The highest BCUT2D eigenvalue weighted by Gasteiger charge is 2.10. The van der Waals surface area contributed by atoms with Gasteiger partial charge in [0.15, 0.2) is 0 Å². The Balaban J connectivity index is 3.28. The van der Waals surface area contributed by atoms with Gasteiger partial charge in [0.2, 0.25) is 0 Å². The summed E-state index contributed by atoms with van der Waals surface area (Å²) in [6.07, 6.45) is 3.15. The molecule has 0 aromatic carbocycles. The van der Waals surface area contributed by atoms with Gasteiger partial charge in [-0.1, -0.05) is 0 Å². The molecular weight excluding hydrogens is 188 g/mol. The quantitative estimate of drug-likeness (QED) is 0.720. The highest BCUT2D eigenvalue weighted by Crippen LogP contribution is 2.19. The molecule has 0 amide bonds. The van der Waals surface area contributed by atoms with Crippen LogP contribution >= 0.6 is 11.8 Å². The van der Waals surface area contributed by atoms with Crippen molar-refractivity contribution < 1.29 is 9.90 Å². The summed E-state index contributed by atoms with van der Waals surface area (Å²) >= 11 is 1.29. The maximum absolute atomic E-state index is 10.7. The summed E-state index contributed by atoms with van der Waals surface area (Å²) in [4.78, 5) is 15.0. The van der Waals surface area contributed by atoms with Gasteiger partial charge < -0.3 is 5.11 Å². The molecule has 0 saturated heterocycles. The molecule has 0 spiro atoms. The second-order valence-corrected chi connectivity index (χ2v) is 3.03. The second-order valence-electron chi connectivity index (χ2n) is 2.19. The van der Waals surface area contributed by atoms with Gasteiger partial charge in [-0.25, -0.2) is 9.78 Å². The summed E-state index contributed by atoms with van der Waals surface area (Å²) in [5.41, 5.74) is 0.245. The van der Waals surface area contributed by atoms with Crippen molar-refractivity contribution in [2.75, 3.05) is 6.26 Å². The number of hydrogen-bond acceptors (Lipinski definition) is 4. The lowest BCUT2D eigenvalue weighted by atomic mass is 10.2. The molecule has 0 aliphatic carbocycles. The molecule has 1 rings (SSSR count). The van der Waals surface area contributed by atoms with Crippen LogP contribution in [0.5, 0.6) is 0 Å². The Labute approximate surface area is 79.2 Å². The number of nitrogens with zero attached hydrogens (tertiary/aromatic N) is 2. The summed E-state index contributed by atoms with van der Waals surface area (Å²) in [6.45, 7) is 0. The minimum absolute atomic E-state index is 0.121. The highest BCUT2D eigenvalue weighted by molar-refractivity contribution is 7.98. The third kappa shape index (κ3) is 1.98. The van der Waals surface area contributed by atoms with Crippen LogP contribution in [0.4, 0.5) is 0 Å². The minimum Gasteiger partial charge on any atom is -0.478 e. The first kappa shape index (κ1) is 9.55. The van der Waals surface area contributed by atoms with Crippen molar-refractivity contribution in [3.8, 4) is 6.07 Å². The minimum atomic E-state index is -1.04. The van der Waals surface area contributed by atoms with Crippen LogP contribution in [0, 0.1) is 11.3 Å². The van der Waals surface area contributed by atoms with Crippen molar-refractivity contribution in [1.29, 1.82) is 5.26 Å². The molecule has 4 nitrogen and oxygen atoms in total. The molecule has 1 aromatic rings. The van der Waals surface area contributed by atoms with Gasteiger partial charge in [0.25, 0.3) is 0 Å². The van der Waals surface area contributed by atoms with E-state index in [2.05, 4.69) is 4.98 Å². The average Bonchev–Trinajstić information content (AvgIpc) is 2.16. The predicted octanol–water partition coefficient (Wildman–Crippen LogP) is 1.37. The molecule has 0 saturated carbocycles. The Morgan fingerprint density at radius 3 is 2.92 bits per heavy atom. The van der Waals surface area contributed by atoms with Crippen molar-refractivity contribution in [3.63, 3.8) is 0 Å². The van der Waals surface area contributed by atoms with Gasteiger partial charge in [0.05, 0.1) is 5.56 Å². The second kappa shape index (κ2) is 3.92. The average molecular weight is 194 g/mol. The van der Waals surface area contributed by atoms with Crippen LogP contribution in [0.25, 0.3) is 0 Å². The summed E-state index contributed by atoms with van der Waals surface area (Å²) < 4.78 is 0. The Morgan fingerprint density at radius 1 is 1.77 bits per heavy atom. The zero-order chi connectivity index (χ0) is 9.84. The fraction of sp³-hybridized carbons (Fsp3) is 0.125. The van der Waals surface area contributed by atoms with Crippen molar-refractivity contribution in [3.05, 3.63) is 23.5 Å². The first-order chi connectivity index (χ1) is 6.19. The van der Waals surface area contributed by atoms with E-state index < -0.39 is 5.97 Å². The van der Waals surface area contributed by atoms with Crippen molar-refractivity contribution in [1.82, 2.24) is 4.98 Å². The van der Waals surface area contributed by atoms with Crippen molar-refractivity contribution >= 4 is 17.7 Å². The fourth-order valence-corrected chi connectivity index (χ4v) is 1.36. The molecule has 1 heterocycles. The molecule has 0 aliphatic heterocycles. The van der Waals surface area contributed by atoms with Crippen LogP contribution in [-0.2, 0) is 0 Å². The zero-order valence-electron chi connectivity index (χ0n) is 6.81. The lowest BCUT2D eigenvalue weighted by Crippen LogP contribution is -2.00. The molecule has 0 fully saturated rings. The van der Waals surface area contributed by atoms with E-state index in [0.717, 1.165) is 0 Å². The predicted molar refractivity (Wildman–Crippen MR) is 47.7 cm³/mol. The third-order valence-electron chi connectivity index (χ3n) is 1.43. The van der Waals surface area contributed by atoms with Gasteiger partial charge in [-0.05, 0) is 12.3 Å². The largest absolute Gasteiger partial charge is 0.478 e. The molecule has 66 valence electrons. The molecule has 5 heteroatoms. The van der Waals surface area contributed by atoms with Gasteiger partial charge in [-0.3, -0.25) is 0 Å². The van der Waals surface area contributed by atoms with Gasteiger partial charge in [0, 0.05) is 11.1 Å². The van der Waals surface area contributed by atoms with E-state index in [-0.39, 0.29) is 11.3 Å². The van der Waals surface area contributed by atoms with Crippen LogP contribution < -0.4 is 0 Å². The molecular formula is C8H6N2O2S. The Hall–Kier alpha value is -1.54. The number of hydrogen-bond donors (Lipinski definition) is 1. The van der Waals surface area contributed by atoms with E-state index in [1.54, 1.807) is 12.3 Å². The zero-order valence-corrected chi connectivity index (χ0v) is 7.63. The highest BCUT2D eigenvalue weighted by atomic mass is 32.2. The van der Waals surface area contributed by atoms with Gasteiger partial charge >= 0.3 is 5.97 Å². The SMILES string of the molecule is CSc1cnc(C#N)cc1C(=O)O. The lowest BCUT2D eigenvalue weighted by molar-refractivity contribution is 0.0693. The summed E-state index contributed by atoms with van der Waals surface area (Å²) in [5, 5.41) is 17.3. The van der Waals surface area contributed by atoms with Crippen LogP contribution in [0.3, 0.4) is 0 Å². The van der Waals surface area contributed by atoms with Gasteiger partial charge in [-0.15, -0.1) is 11.8 Å². The number of nitriles is 1. The van der Waals surface area contributed by atoms with E-state index in [0.29, 0.717) is 4.90 Å². The molecule has 0 unspecified atom stereocenters. The lowest BCUT2D eigenvalue weighted by Gasteiger charge is -2.00. The van der Waals surface area contributed by atoms with Crippen LogP contribution in [-0.4, -0.2) is 22.3 Å². The fourth-order valence-electron chi connectivity index (χ4n) is 0.834. The molecule has 0 radical (unpaired) electrons. The number of rotatable bonds is 2. The Morgan fingerprint density at radius 2 is 2.46 bits per heavy atom.